The minimum atomic E-state index is -0.302. The Labute approximate surface area is 153 Å². The molecular weight excluding hydrogens is 354 g/mol. The molecule has 0 fully saturated rings. The van der Waals surface area contributed by atoms with Gasteiger partial charge in [0.1, 0.15) is 5.82 Å². The standard InChI is InChI=1S/C17H19N5O3S/c1-21-12-5-6-13(20-16(12)22(2)17(21)25)19-15(24)8-7-14(23)18-10-11-4-3-9-26-11/h3-6,9H,7-8,10H2,1-2H3,(H,18,23)(H,19,20,24). The Bertz CT molecular complexity index is 1000. The van der Waals surface area contributed by atoms with Crippen molar-refractivity contribution >= 4 is 40.1 Å². The summed E-state index contributed by atoms with van der Waals surface area (Å²) in [5.74, 6) is -0.130. The van der Waals surface area contributed by atoms with Crippen molar-refractivity contribution in [1.29, 1.82) is 0 Å². The smallest absolute Gasteiger partial charge is 0.329 e. The van der Waals surface area contributed by atoms with Crippen LogP contribution in [0.4, 0.5) is 5.82 Å². The lowest BCUT2D eigenvalue weighted by Gasteiger charge is -2.06. The lowest BCUT2D eigenvalue weighted by molar-refractivity contribution is -0.124. The largest absolute Gasteiger partial charge is 0.351 e. The molecule has 2 amide bonds. The lowest BCUT2D eigenvalue weighted by Crippen LogP contribution is -2.24. The topological polar surface area (TPSA) is 98.0 Å². The lowest BCUT2D eigenvalue weighted by atomic mass is 10.2. The zero-order valence-corrected chi connectivity index (χ0v) is 15.3. The number of aromatic nitrogens is 3. The van der Waals surface area contributed by atoms with Crippen molar-refractivity contribution in [3.8, 4) is 0 Å². The van der Waals surface area contributed by atoms with Gasteiger partial charge in [-0.15, -0.1) is 11.3 Å². The highest BCUT2D eigenvalue weighted by Crippen LogP contribution is 2.13. The highest BCUT2D eigenvalue weighted by molar-refractivity contribution is 7.09. The van der Waals surface area contributed by atoms with Gasteiger partial charge in [0.25, 0.3) is 0 Å². The Morgan fingerprint density at radius 3 is 2.62 bits per heavy atom. The van der Waals surface area contributed by atoms with Crippen LogP contribution in [0.1, 0.15) is 17.7 Å². The summed E-state index contributed by atoms with van der Waals surface area (Å²) in [6.45, 7) is 0.471. The summed E-state index contributed by atoms with van der Waals surface area (Å²) in [5.41, 5.74) is 0.992. The van der Waals surface area contributed by atoms with Crippen molar-refractivity contribution in [2.24, 2.45) is 14.1 Å². The summed E-state index contributed by atoms with van der Waals surface area (Å²) in [5, 5.41) is 7.39. The molecule has 0 spiro atoms. The highest BCUT2D eigenvalue weighted by Gasteiger charge is 2.12. The van der Waals surface area contributed by atoms with Crippen LogP contribution in [0.15, 0.2) is 34.4 Å². The van der Waals surface area contributed by atoms with Gasteiger partial charge in [-0.25, -0.2) is 9.78 Å². The maximum absolute atomic E-state index is 12.0. The molecule has 0 atom stereocenters. The van der Waals surface area contributed by atoms with Gasteiger partial charge in [-0.2, -0.15) is 0 Å². The van der Waals surface area contributed by atoms with Gasteiger partial charge in [-0.1, -0.05) is 6.07 Å². The number of rotatable bonds is 6. The first kappa shape index (κ1) is 17.9. The number of carbonyl (C=O) groups excluding carboxylic acids is 2. The second kappa shape index (κ2) is 7.52. The third-order valence-electron chi connectivity index (χ3n) is 3.99. The summed E-state index contributed by atoms with van der Waals surface area (Å²) in [6, 6.07) is 7.23. The van der Waals surface area contributed by atoms with E-state index in [0.717, 1.165) is 4.88 Å². The van der Waals surface area contributed by atoms with Crippen LogP contribution >= 0.6 is 11.3 Å². The minimum absolute atomic E-state index is 0.0592. The normalized spacial score (nSPS) is 10.8. The van der Waals surface area contributed by atoms with Crippen molar-refractivity contribution in [2.45, 2.75) is 19.4 Å². The number of amides is 2. The average Bonchev–Trinajstić information content (AvgIpc) is 3.22. The number of aryl methyl sites for hydroxylation is 2. The Morgan fingerprint density at radius 2 is 1.88 bits per heavy atom. The second-order valence-electron chi connectivity index (χ2n) is 5.84. The molecule has 0 aromatic carbocycles. The third kappa shape index (κ3) is 3.83. The van der Waals surface area contributed by atoms with Crippen molar-refractivity contribution in [2.75, 3.05) is 5.32 Å². The van der Waals surface area contributed by atoms with E-state index in [1.54, 1.807) is 37.6 Å². The van der Waals surface area contributed by atoms with E-state index in [4.69, 9.17) is 0 Å². The number of nitrogens with one attached hydrogen (secondary N) is 2. The van der Waals surface area contributed by atoms with Gasteiger partial charge < -0.3 is 10.6 Å². The van der Waals surface area contributed by atoms with Crippen molar-refractivity contribution < 1.29 is 9.59 Å². The van der Waals surface area contributed by atoms with Gasteiger partial charge in [0.05, 0.1) is 12.1 Å². The van der Waals surface area contributed by atoms with E-state index in [2.05, 4.69) is 15.6 Å². The fraction of sp³-hybridized carbons (Fsp3) is 0.294. The van der Waals surface area contributed by atoms with Crippen LogP contribution < -0.4 is 16.3 Å². The molecule has 0 unspecified atom stereocenters. The number of hydrogen-bond donors (Lipinski definition) is 2. The van der Waals surface area contributed by atoms with Crippen LogP contribution in [0, 0.1) is 0 Å². The van der Waals surface area contributed by atoms with Gasteiger partial charge in [0.2, 0.25) is 11.8 Å². The Kier molecular flexibility index (Phi) is 5.17. The van der Waals surface area contributed by atoms with Gasteiger partial charge in [0.15, 0.2) is 5.65 Å². The molecule has 3 heterocycles. The predicted molar refractivity (Wildman–Crippen MR) is 100.0 cm³/mol. The Hall–Kier alpha value is -2.94. The average molecular weight is 373 g/mol. The molecule has 0 bridgehead atoms. The molecule has 3 aromatic rings. The molecular formula is C17H19N5O3S. The minimum Gasteiger partial charge on any atom is -0.351 e. The first-order valence-electron chi connectivity index (χ1n) is 8.07. The fourth-order valence-corrected chi connectivity index (χ4v) is 3.20. The maximum Gasteiger partial charge on any atom is 0.329 e. The number of carbonyl (C=O) groups is 2. The molecule has 3 rings (SSSR count). The Balaban J connectivity index is 1.54. The van der Waals surface area contributed by atoms with Gasteiger partial charge in [-0.3, -0.25) is 18.7 Å². The summed E-state index contributed by atoms with van der Waals surface area (Å²) in [6.07, 6.45) is 0.160. The van der Waals surface area contributed by atoms with Crippen LogP contribution in [0.3, 0.4) is 0 Å². The number of hydrogen-bond acceptors (Lipinski definition) is 5. The molecule has 136 valence electrons. The van der Waals surface area contributed by atoms with E-state index in [0.29, 0.717) is 23.5 Å². The number of anilines is 1. The molecule has 3 aromatic heterocycles. The van der Waals surface area contributed by atoms with Crippen LogP contribution in [0.2, 0.25) is 0 Å². The van der Waals surface area contributed by atoms with Crippen molar-refractivity contribution in [1.82, 2.24) is 19.4 Å². The van der Waals surface area contributed by atoms with Crippen LogP contribution in [0.25, 0.3) is 11.2 Å². The SMILES string of the molecule is Cn1c(=O)n(C)c2nc(NC(=O)CCC(=O)NCc3cccs3)ccc21. The molecule has 9 heteroatoms. The zero-order valence-electron chi connectivity index (χ0n) is 14.5. The zero-order chi connectivity index (χ0) is 18.7. The number of fused-ring (bicyclic) bond motifs is 1. The van der Waals surface area contributed by atoms with E-state index >= 15 is 0 Å². The fourth-order valence-electron chi connectivity index (χ4n) is 2.56. The molecule has 2 N–H and O–H groups in total. The van der Waals surface area contributed by atoms with Gasteiger partial charge >= 0.3 is 5.69 Å². The molecule has 0 radical (unpaired) electrons. The number of imidazole rings is 1. The predicted octanol–water partition coefficient (Wildman–Crippen LogP) is 1.37. The molecule has 0 aliphatic rings. The quantitative estimate of drug-likeness (QED) is 0.682. The molecule has 0 saturated carbocycles. The van der Waals surface area contributed by atoms with Gasteiger partial charge in [0, 0.05) is 31.8 Å². The second-order valence-corrected chi connectivity index (χ2v) is 6.88. The van der Waals surface area contributed by atoms with E-state index in [1.807, 2.05) is 17.5 Å². The van der Waals surface area contributed by atoms with E-state index in [1.165, 1.54) is 9.13 Å². The first-order valence-corrected chi connectivity index (χ1v) is 8.95. The maximum atomic E-state index is 12.0. The van der Waals surface area contributed by atoms with Crippen LogP contribution in [-0.2, 0) is 30.2 Å². The highest BCUT2D eigenvalue weighted by atomic mass is 32.1. The first-order chi connectivity index (χ1) is 12.5. The number of nitrogens with zero attached hydrogens (tertiary/aromatic N) is 3. The van der Waals surface area contributed by atoms with E-state index in [-0.39, 0.29) is 30.3 Å². The monoisotopic (exact) mass is 373 g/mol. The van der Waals surface area contributed by atoms with Crippen molar-refractivity contribution in [3.63, 3.8) is 0 Å². The summed E-state index contributed by atoms with van der Waals surface area (Å²) in [7, 11) is 3.29. The third-order valence-corrected chi connectivity index (χ3v) is 4.87. The van der Waals surface area contributed by atoms with Gasteiger partial charge in [-0.05, 0) is 23.6 Å². The molecule has 0 aliphatic heterocycles. The number of thiophene rings is 1. The molecule has 0 saturated heterocycles. The van der Waals surface area contributed by atoms with E-state index < -0.39 is 0 Å². The molecule has 0 aliphatic carbocycles. The van der Waals surface area contributed by atoms with Crippen LogP contribution in [-0.4, -0.2) is 25.9 Å². The molecule has 26 heavy (non-hydrogen) atoms. The Morgan fingerprint density at radius 1 is 1.12 bits per heavy atom. The summed E-state index contributed by atoms with van der Waals surface area (Å²) >= 11 is 1.57. The summed E-state index contributed by atoms with van der Waals surface area (Å²) < 4.78 is 2.91. The summed E-state index contributed by atoms with van der Waals surface area (Å²) in [4.78, 5) is 41.1. The van der Waals surface area contributed by atoms with E-state index in [9.17, 15) is 14.4 Å². The molecule has 8 nitrogen and oxygen atoms in total. The number of pyridine rings is 1. The van der Waals surface area contributed by atoms with Crippen LogP contribution in [0.5, 0.6) is 0 Å². The van der Waals surface area contributed by atoms with Crippen molar-refractivity contribution in [3.05, 3.63) is 45.0 Å².